The van der Waals surface area contributed by atoms with Crippen molar-refractivity contribution in [2.45, 2.75) is 38.1 Å². The van der Waals surface area contributed by atoms with Crippen LogP contribution < -0.4 is 10.6 Å². The molecule has 21 heavy (non-hydrogen) atoms. The molecule has 0 radical (unpaired) electrons. The van der Waals surface area contributed by atoms with Gasteiger partial charge in [-0.05, 0) is 24.3 Å². The van der Waals surface area contributed by atoms with Gasteiger partial charge in [-0.2, -0.15) is 0 Å². The smallest absolute Gasteiger partial charge is 0.270 e. The molecule has 0 aliphatic heterocycles. The van der Waals surface area contributed by atoms with Gasteiger partial charge in [-0.25, -0.2) is 4.98 Å². The quantitative estimate of drug-likeness (QED) is 0.908. The van der Waals surface area contributed by atoms with Crippen molar-refractivity contribution < 1.29 is 4.79 Å². The first-order valence-electron chi connectivity index (χ1n) is 7.66. The Hall–Kier alpha value is -2.10. The molecule has 1 fully saturated rings. The second-order valence-electron chi connectivity index (χ2n) is 5.64. The van der Waals surface area contributed by atoms with Crippen molar-refractivity contribution in [3.8, 4) is 0 Å². The zero-order valence-corrected chi connectivity index (χ0v) is 12.4. The maximum Gasteiger partial charge on any atom is 0.270 e. The summed E-state index contributed by atoms with van der Waals surface area (Å²) in [5, 5.41) is 8.27. The van der Waals surface area contributed by atoms with Gasteiger partial charge in [-0.15, -0.1) is 0 Å². The lowest BCUT2D eigenvalue weighted by Gasteiger charge is -2.22. The Morgan fingerprint density at radius 1 is 1.19 bits per heavy atom. The van der Waals surface area contributed by atoms with Crippen molar-refractivity contribution in [1.82, 2.24) is 10.3 Å². The maximum absolute atomic E-state index is 12.4. The van der Waals surface area contributed by atoms with Crippen molar-refractivity contribution >= 4 is 22.5 Å². The Bertz CT molecular complexity index is 648. The lowest BCUT2D eigenvalue weighted by atomic mass is 9.95. The van der Waals surface area contributed by atoms with Gasteiger partial charge in [0.2, 0.25) is 0 Å². The third-order valence-corrected chi connectivity index (χ3v) is 4.15. The number of rotatable bonds is 3. The number of hydrogen-bond donors (Lipinski definition) is 2. The minimum atomic E-state index is -0.0656. The fraction of sp³-hybridized carbons (Fsp3) is 0.412. The lowest BCUT2D eigenvalue weighted by Crippen LogP contribution is -2.36. The van der Waals surface area contributed by atoms with Crippen molar-refractivity contribution in [3.63, 3.8) is 0 Å². The monoisotopic (exact) mass is 283 g/mol. The predicted molar refractivity (Wildman–Crippen MR) is 85.6 cm³/mol. The first-order chi connectivity index (χ1) is 10.3. The first-order valence-corrected chi connectivity index (χ1v) is 7.66. The van der Waals surface area contributed by atoms with E-state index in [-0.39, 0.29) is 5.91 Å². The molecule has 1 aliphatic rings. The Balaban J connectivity index is 1.87. The minimum Gasteiger partial charge on any atom is -0.373 e. The number of nitrogens with zero attached hydrogens (tertiary/aromatic N) is 1. The number of hydrogen-bond acceptors (Lipinski definition) is 3. The number of benzene rings is 1. The molecule has 0 bridgehead atoms. The summed E-state index contributed by atoms with van der Waals surface area (Å²) in [6, 6.07) is 10.1. The maximum atomic E-state index is 12.4. The van der Waals surface area contributed by atoms with Gasteiger partial charge in [0.1, 0.15) is 11.5 Å². The largest absolute Gasteiger partial charge is 0.373 e. The summed E-state index contributed by atoms with van der Waals surface area (Å²) >= 11 is 0. The number of aromatic nitrogens is 1. The van der Waals surface area contributed by atoms with E-state index in [4.69, 9.17) is 0 Å². The second-order valence-corrected chi connectivity index (χ2v) is 5.64. The fourth-order valence-electron chi connectivity index (χ4n) is 3.01. The highest BCUT2D eigenvalue weighted by molar-refractivity contribution is 6.00. The second kappa shape index (κ2) is 6.12. The molecule has 110 valence electrons. The van der Waals surface area contributed by atoms with Crippen LogP contribution in [0.15, 0.2) is 30.3 Å². The molecule has 3 rings (SSSR count). The number of carbonyl (C=O) groups excluding carboxylic acids is 1. The average Bonchev–Trinajstić information content (AvgIpc) is 2.54. The highest BCUT2D eigenvalue weighted by Crippen LogP contribution is 2.23. The summed E-state index contributed by atoms with van der Waals surface area (Å²) in [6.45, 7) is 0. The van der Waals surface area contributed by atoms with Gasteiger partial charge in [0.25, 0.3) is 5.91 Å². The number of pyridine rings is 1. The third kappa shape index (κ3) is 2.99. The van der Waals surface area contributed by atoms with E-state index in [1.807, 2.05) is 37.4 Å². The van der Waals surface area contributed by atoms with Gasteiger partial charge in [0, 0.05) is 18.5 Å². The average molecular weight is 283 g/mol. The van der Waals surface area contributed by atoms with Crippen molar-refractivity contribution in [2.75, 3.05) is 12.4 Å². The van der Waals surface area contributed by atoms with Crippen molar-refractivity contribution in [2.24, 2.45) is 0 Å². The van der Waals surface area contributed by atoms with Crippen LogP contribution in [0.5, 0.6) is 0 Å². The van der Waals surface area contributed by atoms with E-state index in [1.54, 1.807) is 0 Å². The summed E-state index contributed by atoms with van der Waals surface area (Å²) in [7, 11) is 1.83. The molecule has 0 atom stereocenters. The zero-order chi connectivity index (χ0) is 14.7. The van der Waals surface area contributed by atoms with Crippen LogP contribution in [0.2, 0.25) is 0 Å². The van der Waals surface area contributed by atoms with Crippen LogP contribution in [-0.4, -0.2) is 24.0 Å². The highest BCUT2D eigenvalue weighted by atomic mass is 16.1. The van der Waals surface area contributed by atoms with E-state index < -0.39 is 0 Å². The summed E-state index contributed by atoms with van der Waals surface area (Å²) in [4.78, 5) is 16.9. The molecule has 1 aromatic heterocycles. The third-order valence-electron chi connectivity index (χ3n) is 4.15. The molecule has 0 spiro atoms. The molecule has 1 aromatic carbocycles. The van der Waals surface area contributed by atoms with Crippen LogP contribution in [0, 0.1) is 0 Å². The normalized spacial score (nSPS) is 15.9. The van der Waals surface area contributed by atoms with Gasteiger partial charge >= 0.3 is 0 Å². The van der Waals surface area contributed by atoms with Crippen LogP contribution in [0.1, 0.15) is 42.6 Å². The molecular formula is C17H21N3O. The molecule has 1 amide bonds. The van der Waals surface area contributed by atoms with Gasteiger partial charge in [-0.1, -0.05) is 43.5 Å². The van der Waals surface area contributed by atoms with Gasteiger partial charge < -0.3 is 10.6 Å². The van der Waals surface area contributed by atoms with Crippen molar-refractivity contribution in [3.05, 3.63) is 36.0 Å². The molecule has 2 aromatic rings. The lowest BCUT2D eigenvalue weighted by molar-refractivity contribution is 0.0923. The molecule has 4 nitrogen and oxygen atoms in total. The molecule has 0 saturated heterocycles. The molecule has 2 N–H and O–H groups in total. The van der Waals surface area contributed by atoms with E-state index in [2.05, 4.69) is 15.6 Å². The molecule has 1 heterocycles. The van der Waals surface area contributed by atoms with Crippen LogP contribution in [0.25, 0.3) is 10.8 Å². The van der Waals surface area contributed by atoms with Gasteiger partial charge in [-0.3, -0.25) is 4.79 Å². The minimum absolute atomic E-state index is 0.0656. The number of carbonyl (C=O) groups is 1. The first kappa shape index (κ1) is 13.9. The van der Waals surface area contributed by atoms with E-state index in [9.17, 15) is 4.79 Å². The molecule has 4 heteroatoms. The van der Waals surface area contributed by atoms with E-state index >= 15 is 0 Å². The van der Waals surface area contributed by atoms with Crippen LogP contribution in [-0.2, 0) is 0 Å². The molecule has 0 unspecified atom stereocenters. The predicted octanol–water partition coefficient (Wildman–Crippen LogP) is 3.34. The van der Waals surface area contributed by atoms with E-state index in [0.717, 1.165) is 29.4 Å². The van der Waals surface area contributed by atoms with Crippen molar-refractivity contribution in [1.29, 1.82) is 0 Å². The highest BCUT2D eigenvalue weighted by Gasteiger charge is 2.18. The SMILES string of the molecule is CNc1nc(C(=O)NC2CCCCC2)cc2ccccc12. The van der Waals surface area contributed by atoms with Gasteiger partial charge in [0.05, 0.1) is 0 Å². The Morgan fingerprint density at radius 3 is 2.71 bits per heavy atom. The number of amides is 1. The number of fused-ring (bicyclic) bond motifs is 1. The topological polar surface area (TPSA) is 54.0 Å². The van der Waals surface area contributed by atoms with Gasteiger partial charge in [0.15, 0.2) is 0 Å². The van der Waals surface area contributed by atoms with Crippen LogP contribution >= 0.6 is 0 Å². The molecule has 1 aliphatic carbocycles. The van der Waals surface area contributed by atoms with E-state index in [0.29, 0.717) is 11.7 Å². The molecular weight excluding hydrogens is 262 g/mol. The van der Waals surface area contributed by atoms with Crippen LogP contribution in [0.3, 0.4) is 0 Å². The van der Waals surface area contributed by atoms with Crippen LogP contribution in [0.4, 0.5) is 5.82 Å². The standard InChI is InChI=1S/C17H21N3O/c1-18-16-14-10-6-5-7-12(14)11-15(20-16)17(21)19-13-8-3-2-4-9-13/h5-7,10-11,13H,2-4,8-9H2,1H3,(H,18,20)(H,19,21). The number of nitrogens with one attached hydrogen (secondary N) is 2. The number of anilines is 1. The Morgan fingerprint density at radius 2 is 1.95 bits per heavy atom. The summed E-state index contributed by atoms with van der Waals surface area (Å²) in [6.07, 6.45) is 5.86. The Labute approximate surface area is 125 Å². The summed E-state index contributed by atoms with van der Waals surface area (Å²) < 4.78 is 0. The summed E-state index contributed by atoms with van der Waals surface area (Å²) in [5.41, 5.74) is 0.489. The summed E-state index contributed by atoms with van der Waals surface area (Å²) in [5.74, 6) is 0.686. The zero-order valence-electron chi connectivity index (χ0n) is 12.4. The molecule has 1 saturated carbocycles. The fourth-order valence-corrected chi connectivity index (χ4v) is 3.01. The Kier molecular flexibility index (Phi) is 4.04. The van der Waals surface area contributed by atoms with E-state index in [1.165, 1.54) is 19.3 Å².